The van der Waals surface area contributed by atoms with Gasteiger partial charge in [0.05, 0.1) is 17.8 Å². The Balaban J connectivity index is 1.69. The fraction of sp³-hybridized carbons (Fsp3) is 0.400. The lowest BCUT2D eigenvalue weighted by atomic mass is 10.2. The molecule has 0 aliphatic heterocycles. The van der Waals surface area contributed by atoms with Gasteiger partial charge in [-0.2, -0.15) is 5.10 Å². The van der Waals surface area contributed by atoms with Crippen LogP contribution in [0.5, 0.6) is 0 Å². The Morgan fingerprint density at radius 1 is 1.43 bits per heavy atom. The van der Waals surface area contributed by atoms with Crippen LogP contribution in [0, 0.1) is 6.92 Å². The number of carbonyl (C=O) groups excluding carboxylic acids is 2. The second-order valence-electron chi connectivity index (χ2n) is 5.70. The number of rotatable bonds is 5. The largest absolute Gasteiger partial charge is 0.343 e. The first kappa shape index (κ1) is 15.1. The maximum absolute atomic E-state index is 12.1. The molecule has 1 aliphatic rings. The zero-order chi connectivity index (χ0) is 16.6. The molecule has 0 unspecified atom stereocenters. The molecular formula is C15H17N5O3. The third-order valence-corrected chi connectivity index (χ3v) is 3.68. The summed E-state index contributed by atoms with van der Waals surface area (Å²) in [6, 6.07) is 1.14. The first-order chi connectivity index (χ1) is 10.9. The van der Waals surface area contributed by atoms with Gasteiger partial charge in [0.15, 0.2) is 5.78 Å². The lowest BCUT2D eigenvalue weighted by Gasteiger charge is -2.05. The molecule has 2 aromatic heterocycles. The molecular weight excluding hydrogens is 298 g/mol. The van der Waals surface area contributed by atoms with Gasteiger partial charge in [0, 0.05) is 25.2 Å². The first-order valence-corrected chi connectivity index (χ1v) is 7.37. The quantitative estimate of drug-likeness (QED) is 0.771. The van der Waals surface area contributed by atoms with E-state index in [9.17, 15) is 14.4 Å². The zero-order valence-electron chi connectivity index (χ0n) is 12.9. The van der Waals surface area contributed by atoms with Crippen molar-refractivity contribution >= 4 is 11.7 Å². The Labute approximate surface area is 131 Å². The van der Waals surface area contributed by atoms with E-state index in [0.29, 0.717) is 17.1 Å². The van der Waals surface area contributed by atoms with E-state index in [1.54, 1.807) is 24.9 Å². The van der Waals surface area contributed by atoms with E-state index >= 15 is 0 Å². The molecule has 2 aromatic rings. The summed E-state index contributed by atoms with van der Waals surface area (Å²) in [5.41, 5.74) is 0.746. The molecule has 23 heavy (non-hydrogen) atoms. The average molecular weight is 315 g/mol. The van der Waals surface area contributed by atoms with Crippen LogP contribution in [0.1, 0.15) is 51.1 Å². The number of Topliss-reactive ketones (excluding diaryl/α,β-unsaturated/α-hetero) is 1. The minimum absolute atomic E-state index is 0.0337. The number of aromatic amines is 1. The molecule has 0 spiro atoms. The van der Waals surface area contributed by atoms with Gasteiger partial charge in [-0.15, -0.1) is 0 Å². The summed E-state index contributed by atoms with van der Waals surface area (Å²) in [4.78, 5) is 42.6. The number of nitrogens with zero attached hydrogens (tertiary/aromatic N) is 3. The maximum Gasteiger partial charge on any atom is 0.270 e. The maximum atomic E-state index is 12.1. The summed E-state index contributed by atoms with van der Waals surface area (Å²) in [5.74, 6) is -0.00342. The van der Waals surface area contributed by atoms with Crippen molar-refractivity contribution in [2.75, 3.05) is 6.54 Å². The lowest BCUT2D eigenvalue weighted by Crippen LogP contribution is -2.31. The highest BCUT2D eigenvalue weighted by Crippen LogP contribution is 2.37. The van der Waals surface area contributed by atoms with Crippen molar-refractivity contribution in [1.29, 1.82) is 0 Å². The fourth-order valence-corrected chi connectivity index (χ4v) is 2.36. The first-order valence-electron chi connectivity index (χ1n) is 7.37. The zero-order valence-corrected chi connectivity index (χ0v) is 12.9. The minimum atomic E-state index is -0.534. The van der Waals surface area contributed by atoms with Crippen LogP contribution in [-0.2, 0) is 7.05 Å². The van der Waals surface area contributed by atoms with Gasteiger partial charge in [0.25, 0.3) is 11.5 Å². The summed E-state index contributed by atoms with van der Waals surface area (Å²) >= 11 is 0. The third kappa shape index (κ3) is 3.36. The van der Waals surface area contributed by atoms with Gasteiger partial charge in [0.1, 0.15) is 11.5 Å². The molecule has 0 atom stereocenters. The van der Waals surface area contributed by atoms with Gasteiger partial charge in [-0.25, -0.2) is 4.98 Å². The summed E-state index contributed by atoms with van der Waals surface area (Å²) in [5, 5.41) is 6.60. The molecule has 0 aromatic carbocycles. The number of aryl methyl sites for hydroxylation is 2. The van der Waals surface area contributed by atoms with Gasteiger partial charge in [-0.1, -0.05) is 0 Å². The molecule has 8 heteroatoms. The fourth-order valence-electron chi connectivity index (χ4n) is 2.36. The van der Waals surface area contributed by atoms with Gasteiger partial charge in [0.2, 0.25) is 0 Å². The van der Waals surface area contributed by atoms with E-state index in [4.69, 9.17) is 0 Å². The molecule has 2 heterocycles. The normalized spacial score (nSPS) is 13.8. The number of H-pyrrole nitrogens is 1. The molecule has 120 valence electrons. The van der Waals surface area contributed by atoms with E-state index < -0.39 is 5.91 Å². The van der Waals surface area contributed by atoms with Gasteiger partial charge < -0.3 is 10.3 Å². The summed E-state index contributed by atoms with van der Waals surface area (Å²) in [6.45, 7) is 1.56. The van der Waals surface area contributed by atoms with Crippen LogP contribution < -0.4 is 10.9 Å². The van der Waals surface area contributed by atoms with Crippen molar-refractivity contribution in [3.05, 3.63) is 45.4 Å². The summed E-state index contributed by atoms with van der Waals surface area (Å²) in [6.07, 6.45) is 3.54. The van der Waals surface area contributed by atoms with Crippen LogP contribution in [0.15, 0.2) is 17.1 Å². The van der Waals surface area contributed by atoms with Gasteiger partial charge in [-0.3, -0.25) is 19.1 Å². The minimum Gasteiger partial charge on any atom is -0.343 e. The molecule has 1 saturated carbocycles. The SMILES string of the molecule is Cc1nn(C)cc1C(=O)CNC(=O)c1cc(=O)[nH]c(C2CC2)n1. The molecule has 3 rings (SSSR count). The summed E-state index contributed by atoms with van der Waals surface area (Å²) in [7, 11) is 1.72. The lowest BCUT2D eigenvalue weighted by molar-refractivity contribution is 0.0900. The topological polar surface area (TPSA) is 110 Å². The van der Waals surface area contributed by atoms with Crippen molar-refractivity contribution in [1.82, 2.24) is 25.1 Å². The van der Waals surface area contributed by atoms with Crippen LogP contribution in [0.2, 0.25) is 0 Å². The van der Waals surface area contributed by atoms with E-state index in [1.165, 1.54) is 0 Å². The van der Waals surface area contributed by atoms with Crippen molar-refractivity contribution in [3.63, 3.8) is 0 Å². The van der Waals surface area contributed by atoms with Crippen LogP contribution in [0.3, 0.4) is 0 Å². The second-order valence-corrected chi connectivity index (χ2v) is 5.70. The number of aromatic nitrogens is 4. The predicted octanol–water partition coefficient (Wildman–Crippen LogP) is 0.302. The second kappa shape index (κ2) is 5.79. The number of amides is 1. The highest BCUT2D eigenvalue weighted by atomic mass is 16.2. The molecule has 0 radical (unpaired) electrons. The Bertz CT molecular complexity index is 832. The highest BCUT2D eigenvalue weighted by Gasteiger charge is 2.27. The Morgan fingerprint density at radius 2 is 2.17 bits per heavy atom. The number of carbonyl (C=O) groups is 2. The van der Waals surface area contributed by atoms with Crippen LogP contribution >= 0.6 is 0 Å². The van der Waals surface area contributed by atoms with Gasteiger partial charge >= 0.3 is 0 Å². The van der Waals surface area contributed by atoms with Gasteiger partial charge in [-0.05, 0) is 19.8 Å². The Hall–Kier alpha value is -2.77. The number of hydrogen-bond acceptors (Lipinski definition) is 5. The van der Waals surface area contributed by atoms with Crippen molar-refractivity contribution in [3.8, 4) is 0 Å². The molecule has 1 amide bonds. The van der Waals surface area contributed by atoms with Crippen molar-refractivity contribution < 1.29 is 9.59 Å². The monoisotopic (exact) mass is 315 g/mol. The van der Waals surface area contributed by atoms with E-state index in [-0.39, 0.29) is 29.5 Å². The van der Waals surface area contributed by atoms with Crippen LogP contribution in [0.25, 0.3) is 0 Å². The molecule has 1 aliphatic carbocycles. The molecule has 0 saturated heterocycles. The average Bonchev–Trinajstić information content (AvgIpc) is 3.29. The summed E-state index contributed by atoms with van der Waals surface area (Å²) < 4.78 is 1.55. The predicted molar refractivity (Wildman–Crippen MR) is 81.4 cm³/mol. The molecule has 2 N–H and O–H groups in total. The number of ketones is 1. The van der Waals surface area contributed by atoms with Crippen molar-refractivity contribution in [2.24, 2.45) is 7.05 Å². The van der Waals surface area contributed by atoms with Crippen LogP contribution in [-0.4, -0.2) is 38.0 Å². The standard InChI is InChI=1S/C15H17N5O3/c1-8-10(7-20(2)19-8)12(21)6-16-15(23)11-5-13(22)18-14(17-11)9-3-4-9/h5,7,9H,3-4,6H2,1-2H3,(H,16,23)(H,17,18,22). The smallest absolute Gasteiger partial charge is 0.270 e. The third-order valence-electron chi connectivity index (χ3n) is 3.68. The Morgan fingerprint density at radius 3 is 2.78 bits per heavy atom. The van der Waals surface area contributed by atoms with E-state index in [1.807, 2.05) is 0 Å². The molecule has 8 nitrogen and oxygen atoms in total. The Kier molecular flexibility index (Phi) is 3.81. The molecule has 0 bridgehead atoms. The molecule has 1 fully saturated rings. The van der Waals surface area contributed by atoms with Crippen molar-refractivity contribution in [2.45, 2.75) is 25.7 Å². The number of hydrogen-bond donors (Lipinski definition) is 2. The highest BCUT2D eigenvalue weighted by molar-refractivity contribution is 6.02. The van der Waals surface area contributed by atoms with Crippen LogP contribution in [0.4, 0.5) is 0 Å². The number of nitrogens with one attached hydrogen (secondary N) is 2. The van der Waals surface area contributed by atoms with E-state index in [2.05, 4.69) is 20.4 Å². The van der Waals surface area contributed by atoms with E-state index in [0.717, 1.165) is 18.9 Å².